The third kappa shape index (κ3) is 5.99. The van der Waals surface area contributed by atoms with Crippen molar-refractivity contribution in [3.05, 3.63) is 58.1 Å². The number of nitrogens with zero attached hydrogens (tertiary/aromatic N) is 1. The number of hydrazone groups is 1. The number of carbonyl (C=O) groups is 2. The normalized spacial score (nSPS) is 11.8. The highest BCUT2D eigenvalue weighted by atomic mass is 79.9. The molecule has 0 spiro atoms. The Bertz CT molecular complexity index is 978. The Balaban J connectivity index is 2.34. The van der Waals surface area contributed by atoms with E-state index in [1.54, 1.807) is 0 Å². The summed E-state index contributed by atoms with van der Waals surface area (Å²) in [5.41, 5.74) is 0.297. The van der Waals surface area contributed by atoms with Gasteiger partial charge in [-0.1, -0.05) is 0 Å². The first-order chi connectivity index (χ1) is 14.0. The van der Waals surface area contributed by atoms with E-state index in [4.69, 9.17) is 0 Å². The van der Waals surface area contributed by atoms with Crippen molar-refractivity contribution in [1.29, 1.82) is 0 Å². The fourth-order valence-corrected chi connectivity index (χ4v) is 2.42. The van der Waals surface area contributed by atoms with E-state index in [0.29, 0.717) is 0 Å². The topological polar surface area (TPSA) is 77.0 Å². The summed E-state index contributed by atoms with van der Waals surface area (Å²) < 4.78 is 73.0. The van der Waals surface area contributed by atoms with E-state index in [2.05, 4.69) is 35.9 Å². The molecule has 2 rings (SSSR count). The zero-order chi connectivity index (χ0) is 22.5. The van der Waals surface area contributed by atoms with Crippen LogP contribution in [0.2, 0.25) is 0 Å². The molecule has 30 heavy (non-hydrogen) atoms. The van der Waals surface area contributed by atoms with Gasteiger partial charge in [0, 0.05) is 0 Å². The van der Waals surface area contributed by atoms with Crippen molar-refractivity contribution in [2.45, 2.75) is 13.3 Å². The highest BCUT2D eigenvalue weighted by molar-refractivity contribution is 9.10. The maximum atomic E-state index is 14.2. The van der Waals surface area contributed by atoms with Gasteiger partial charge in [-0.15, -0.1) is 13.2 Å². The Morgan fingerprint density at radius 2 is 1.73 bits per heavy atom. The van der Waals surface area contributed by atoms with E-state index in [9.17, 15) is 31.5 Å². The number of anilines is 1. The summed E-state index contributed by atoms with van der Waals surface area (Å²) in [6.45, 7) is 1.28. The monoisotopic (exact) mass is 494 g/mol. The maximum Gasteiger partial charge on any atom is 0.573 e. The second kappa shape index (κ2) is 9.65. The van der Waals surface area contributed by atoms with Crippen LogP contribution in [-0.4, -0.2) is 30.4 Å². The van der Waals surface area contributed by atoms with Crippen molar-refractivity contribution in [3.63, 3.8) is 0 Å². The molecule has 2 aromatic carbocycles. The first-order valence-corrected chi connectivity index (χ1v) is 8.87. The van der Waals surface area contributed by atoms with Crippen LogP contribution in [0.3, 0.4) is 0 Å². The lowest BCUT2D eigenvalue weighted by Gasteiger charge is -2.10. The van der Waals surface area contributed by atoms with E-state index >= 15 is 0 Å². The van der Waals surface area contributed by atoms with Crippen LogP contribution in [0.25, 0.3) is 0 Å². The molecule has 0 radical (unpaired) electrons. The number of ether oxygens (including phenoxy) is 2. The average Bonchev–Trinajstić information content (AvgIpc) is 2.65. The number of hydrogen-bond donors (Lipinski definition) is 1. The molecule has 12 heteroatoms. The minimum Gasteiger partial charge on any atom is -0.461 e. The predicted molar refractivity (Wildman–Crippen MR) is 99.2 cm³/mol. The first-order valence-electron chi connectivity index (χ1n) is 8.08. The molecule has 6 nitrogen and oxygen atoms in total. The molecule has 160 valence electrons. The summed E-state index contributed by atoms with van der Waals surface area (Å²) in [7, 11) is 0. The fourth-order valence-electron chi connectivity index (χ4n) is 2.09. The number of alkyl halides is 3. The summed E-state index contributed by atoms with van der Waals surface area (Å²) in [4.78, 5) is 24.7. The molecule has 0 aliphatic rings. The number of benzene rings is 2. The zero-order valence-electron chi connectivity index (χ0n) is 15.0. The van der Waals surface area contributed by atoms with Crippen LogP contribution in [0.4, 0.5) is 27.6 Å². The number of ketones is 1. The molecule has 0 fully saturated rings. The van der Waals surface area contributed by atoms with E-state index in [1.807, 2.05) is 0 Å². The minimum absolute atomic E-state index is 0.0503. The van der Waals surface area contributed by atoms with Crippen molar-refractivity contribution in [2.24, 2.45) is 5.10 Å². The molecular weight excluding hydrogens is 483 g/mol. The van der Waals surface area contributed by atoms with Crippen molar-refractivity contribution < 1.29 is 41.0 Å². The van der Waals surface area contributed by atoms with E-state index in [1.165, 1.54) is 6.92 Å². The second-order valence-electron chi connectivity index (χ2n) is 5.41. The second-order valence-corrected chi connectivity index (χ2v) is 6.27. The molecule has 0 amide bonds. The van der Waals surface area contributed by atoms with Gasteiger partial charge in [-0.2, -0.15) is 5.10 Å². The van der Waals surface area contributed by atoms with Crippen molar-refractivity contribution in [1.82, 2.24) is 0 Å². The number of nitrogens with one attached hydrogen (secondary N) is 1. The molecule has 0 unspecified atom stereocenters. The van der Waals surface area contributed by atoms with Gasteiger partial charge in [0.2, 0.25) is 11.5 Å². The molecule has 0 bridgehead atoms. The number of halogens is 6. The average molecular weight is 495 g/mol. The lowest BCUT2D eigenvalue weighted by atomic mass is 10.1. The molecule has 0 aliphatic carbocycles. The Morgan fingerprint density at radius 3 is 2.30 bits per heavy atom. The molecule has 0 heterocycles. The van der Waals surface area contributed by atoms with Gasteiger partial charge < -0.3 is 9.47 Å². The van der Waals surface area contributed by atoms with Crippen LogP contribution in [0.15, 0.2) is 46.0 Å². The summed E-state index contributed by atoms with van der Waals surface area (Å²) in [5.74, 6) is -5.64. The number of rotatable bonds is 7. The largest absolute Gasteiger partial charge is 0.573 e. The van der Waals surface area contributed by atoms with Crippen LogP contribution >= 0.6 is 15.9 Å². The minimum atomic E-state index is -4.88. The van der Waals surface area contributed by atoms with E-state index in [-0.39, 0.29) is 16.8 Å². The molecule has 0 atom stereocenters. The standard InChI is InChI=1S/C18H12BrF5N2O4/c1-2-29-17(28)15(16(27)13-12(20)8-7-11(19)14(13)21)26-25-9-3-5-10(6-4-9)30-18(22,23)24/h3-8,25H,2H2,1H3/b26-15-. The predicted octanol–water partition coefficient (Wildman–Crippen LogP) is 4.84. The molecule has 0 aromatic heterocycles. The highest BCUT2D eigenvalue weighted by Crippen LogP contribution is 2.25. The van der Waals surface area contributed by atoms with Crippen molar-refractivity contribution in [2.75, 3.05) is 12.0 Å². The SMILES string of the molecule is CCOC(=O)/C(=N\Nc1ccc(OC(F)(F)F)cc1)C(=O)c1c(F)ccc(Br)c1F. The lowest BCUT2D eigenvalue weighted by molar-refractivity contribution is -0.274. The number of Topliss-reactive ketones (excluding diaryl/α,β-unsaturated/α-hetero) is 1. The Kier molecular flexibility index (Phi) is 7.48. The Hall–Kier alpha value is -3.02. The summed E-state index contributed by atoms with van der Waals surface area (Å²) in [6.07, 6.45) is -4.88. The fraction of sp³-hybridized carbons (Fsp3) is 0.167. The van der Waals surface area contributed by atoms with Crippen LogP contribution in [0.1, 0.15) is 17.3 Å². The number of carbonyl (C=O) groups excluding carboxylic acids is 2. The van der Waals surface area contributed by atoms with Crippen LogP contribution in [0, 0.1) is 11.6 Å². The zero-order valence-corrected chi connectivity index (χ0v) is 16.6. The van der Waals surface area contributed by atoms with Crippen LogP contribution in [0.5, 0.6) is 5.75 Å². The van der Waals surface area contributed by atoms with Gasteiger partial charge in [0.1, 0.15) is 11.6 Å². The molecule has 1 N–H and O–H groups in total. The summed E-state index contributed by atoms with van der Waals surface area (Å²) in [6, 6.07) is 5.97. The van der Waals surface area contributed by atoms with Crippen LogP contribution < -0.4 is 10.2 Å². The van der Waals surface area contributed by atoms with Gasteiger partial charge >= 0.3 is 12.3 Å². The Morgan fingerprint density at radius 1 is 1.10 bits per heavy atom. The molecule has 0 saturated carbocycles. The molecule has 2 aromatic rings. The third-order valence-corrected chi connectivity index (χ3v) is 3.95. The summed E-state index contributed by atoms with van der Waals surface area (Å²) in [5, 5.41) is 3.54. The summed E-state index contributed by atoms with van der Waals surface area (Å²) >= 11 is 2.81. The van der Waals surface area contributed by atoms with Gasteiger partial charge in [-0.3, -0.25) is 10.2 Å². The first kappa shape index (κ1) is 23.3. The molecule has 0 aliphatic heterocycles. The lowest BCUT2D eigenvalue weighted by Crippen LogP contribution is -2.29. The van der Waals surface area contributed by atoms with Gasteiger partial charge in [0.05, 0.1) is 22.3 Å². The van der Waals surface area contributed by atoms with Crippen LogP contribution in [-0.2, 0) is 9.53 Å². The quantitative estimate of drug-likeness (QED) is 0.113. The molecule has 0 saturated heterocycles. The third-order valence-electron chi connectivity index (χ3n) is 3.34. The van der Waals surface area contributed by atoms with Gasteiger partial charge in [-0.05, 0) is 59.3 Å². The van der Waals surface area contributed by atoms with Gasteiger partial charge in [-0.25, -0.2) is 13.6 Å². The Labute approximate surface area is 174 Å². The van der Waals surface area contributed by atoms with E-state index < -0.39 is 46.8 Å². The number of hydrogen-bond acceptors (Lipinski definition) is 6. The molecular formula is C18H12BrF5N2O4. The van der Waals surface area contributed by atoms with E-state index in [0.717, 1.165) is 36.4 Å². The smallest absolute Gasteiger partial charge is 0.461 e. The highest BCUT2D eigenvalue weighted by Gasteiger charge is 2.31. The van der Waals surface area contributed by atoms with Gasteiger partial charge in [0.15, 0.2) is 5.82 Å². The van der Waals surface area contributed by atoms with Crippen molar-refractivity contribution in [3.8, 4) is 5.75 Å². The number of esters is 1. The van der Waals surface area contributed by atoms with Gasteiger partial charge in [0.25, 0.3) is 0 Å². The van der Waals surface area contributed by atoms with Crippen molar-refractivity contribution >= 4 is 39.1 Å². The maximum absolute atomic E-state index is 14.2.